The summed E-state index contributed by atoms with van der Waals surface area (Å²) in [6.07, 6.45) is 0. The van der Waals surface area contributed by atoms with Gasteiger partial charge in [0.1, 0.15) is 18.1 Å². The maximum absolute atomic E-state index is 11.9. The number of carbonyl (C=O) groups is 1. The maximum atomic E-state index is 11.9. The van der Waals surface area contributed by atoms with Crippen LogP contribution in [0.3, 0.4) is 0 Å². The van der Waals surface area contributed by atoms with Crippen molar-refractivity contribution in [2.45, 2.75) is 27.4 Å². The molecular weight excluding hydrogens is 314 g/mol. The molecule has 0 aliphatic heterocycles. The molecule has 0 bridgehead atoms. The second kappa shape index (κ2) is 6.47. The van der Waals surface area contributed by atoms with Crippen molar-refractivity contribution in [3.05, 3.63) is 40.8 Å². The van der Waals surface area contributed by atoms with Crippen LogP contribution < -0.4 is 5.32 Å². The van der Waals surface area contributed by atoms with Gasteiger partial charge < -0.3 is 9.26 Å². The Balaban J connectivity index is 1.58. The van der Waals surface area contributed by atoms with Gasteiger partial charge in [-0.05, 0) is 38.0 Å². The van der Waals surface area contributed by atoms with Crippen LogP contribution in [0.1, 0.15) is 22.6 Å². The number of hydrogen-bond acceptors (Lipinski definition) is 6. The molecule has 0 atom stereocenters. The summed E-state index contributed by atoms with van der Waals surface area (Å²) in [6, 6.07) is 5.92. The average Bonchev–Trinajstić information content (AvgIpc) is 3.05. The van der Waals surface area contributed by atoms with E-state index in [1.165, 1.54) is 16.9 Å². The van der Waals surface area contributed by atoms with Crippen LogP contribution in [0.5, 0.6) is 0 Å². The van der Waals surface area contributed by atoms with Gasteiger partial charge >= 0.3 is 0 Å². The monoisotopic (exact) mass is 331 g/mol. The van der Waals surface area contributed by atoms with Gasteiger partial charge in [0.05, 0.1) is 16.8 Å². The third kappa shape index (κ3) is 3.75. The summed E-state index contributed by atoms with van der Waals surface area (Å²) in [5.41, 5.74) is 3.88. The molecule has 2 aromatic heterocycles. The van der Waals surface area contributed by atoms with Crippen LogP contribution in [0.2, 0.25) is 0 Å². The second-order valence-corrected chi connectivity index (χ2v) is 6.45. The molecule has 23 heavy (non-hydrogen) atoms. The molecule has 7 heteroatoms. The number of carbonyl (C=O) groups excluding carboxylic acids is 1. The molecule has 0 aliphatic carbocycles. The summed E-state index contributed by atoms with van der Waals surface area (Å²) in [6.45, 7) is 6.05. The first-order valence-corrected chi connectivity index (χ1v) is 8.00. The van der Waals surface area contributed by atoms with Gasteiger partial charge in [-0.25, -0.2) is 4.98 Å². The highest BCUT2D eigenvalue weighted by atomic mass is 32.1. The fourth-order valence-corrected chi connectivity index (χ4v) is 3.37. The van der Waals surface area contributed by atoms with Crippen LogP contribution in [-0.2, 0) is 16.1 Å². The SMILES string of the molecule is Cc1cc(C)c2nc(NC(=O)COCc3cc(C)on3)sc2c1. The number of rotatable bonds is 5. The number of amides is 1. The Morgan fingerprint density at radius 3 is 2.87 bits per heavy atom. The number of nitrogens with one attached hydrogen (secondary N) is 1. The molecule has 0 saturated carbocycles. The van der Waals surface area contributed by atoms with Crippen LogP contribution in [0, 0.1) is 20.8 Å². The van der Waals surface area contributed by atoms with Crippen LogP contribution in [0.4, 0.5) is 5.13 Å². The van der Waals surface area contributed by atoms with E-state index in [0.29, 0.717) is 16.6 Å². The van der Waals surface area contributed by atoms with Crippen molar-refractivity contribution in [2.75, 3.05) is 11.9 Å². The Morgan fingerprint density at radius 1 is 1.30 bits per heavy atom. The van der Waals surface area contributed by atoms with Crippen LogP contribution in [0.15, 0.2) is 22.7 Å². The van der Waals surface area contributed by atoms with Crippen molar-refractivity contribution >= 4 is 32.6 Å². The minimum Gasteiger partial charge on any atom is -0.365 e. The molecule has 0 radical (unpaired) electrons. The zero-order chi connectivity index (χ0) is 16.4. The Kier molecular flexibility index (Phi) is 4.40. The lowest BCUT2D eigenvalue weighted by Crippen LogP contribution is -2.18. The van der Waals surface area contributed by atoms with Crippen LogP contribution in [0.25, 0.3) is 10.2 Å². The molecule has 6 nitrogen and oxygen atoms in total. The van der Waals surface area contributed by atoms with E-state index in [-0.39, 0.29) is 19.1 Å². The highest BCUT2D eigenvalue weighted by molar-refractivity contribution is 7.22. The van der Waals surface area contributed by atoms with E-state index < -0.39 is 0 Å². The lowest BCUT2D eigenvalue weighted by Gasteiger charge is -2.01. The summed E-state index contributed by atoms with van der Waals surface area (Å²) < 4.78 is 11.3. The standard InChI is InChI=1S/C16H17N3O3S/c1-9-4-10(2)15-13(5-9)23-16(18-15)17-14(20)8-21-7-12-6-11(3)22-19-12/h4-6H,7-8H2,1-3H3,(H,17,18,20). The van der Waals surface area contributed by atoms with E-state index in [1.54, 1.807) is 13.0 Å². The normalized spacial score (nSPS) is 11.1. The molecule has 0 fully saturated rings. The molecule has 120 valence electrons. The fourth-order valence-electron chi connectivity index (χ4n) is 2.31. The molecular formula is C16H17N3O3S. The summed E-state index contributed by atoms with van der Waals surface area (Å²) in [5, 5.41) is 7.15. The third-order valence-corrected chi connectivity index (χ3v) is 4.15. The topological polar surface area (TPSA) is 77.2 Å². The highest BCUT2D eigenvalue weighted by Crippen LogP contribution is 2.29. The Hall–Kier alpha value is -2.25. The molecule has 3 rings (SSSR count). The first kappa shape index (κ1) is 15.6. The van der Waals surface area contributed by atoms with Gasteiger partial charge in [-0.15, -0.1) is 0 Å². The van der Waals surface area contributed by atoms with E-state index >= 15 is 0 Å². The highest BCUT2D eigenvalue weighted by Gasteiger charge is 2.10. The van der Waals surface area contributed by atoms with Gasteiger partial charge in [-0.3, -0.25) is 10.1 Å². The van der Waals surface area contributed by atoms with Crippen molar-refractivity contribution in [1.82, 2.24) is 10.1 Å². The molecule has 3 aromatic rings. The largest absolute Gasteiger partial charge is 0.365 e. The number of aromatic nitrogens is 2. The first-order valence-electron chi connectivity index (χ1n) is 7.19. The molecule has 0 aliphatic rings. The van der Waals surface area contributed by atoms with Gasteiger partial charge in [-0.2, -0.15) is 0 Å². The Morgan fingerprint density at radius 2 is 2.13 bits per heavy atom. The lowest BCUT2D eigenvalue weighted by molar-refractivity contribution is -0.121. The smallest absolute Gasteiger partial charge is 0.252 e. The van der Waals surface area contributed by atoms with Crippen molar-refractivity contribution < 1.29 is 14.1 Å². The van der Waals surface area contributed by atoms with Gasteiger partial charge in [0.2, 0.25) is 0 Å². The predicted octanol–water partition coefficient (Wildman–Crippen LogP) is 3.36. The number of anilines is 1. The van der Waals surface area contributed by atoms with Crippen molar-refractivity contribution in [1.29, 1.82) is 0 Å². The molecule has 1 aromatic carbocycles. The quantitative estimate of drug-likeness (QED) is 0.775. The summed E-state index contributed by atoms with van der Waals surface area (Å²) in [4.78, 5) is 16.4. The number of hydrogen-bond donors (Lipinski definition) is 1. The molecule has 0 saturated heterocycles. The number of benzene rings is 1. The van der Waals surface area contributed by atoms with Crippen LogP contribution >= 0.6 is 11.3 Å². The van der Waals surface area contributed by atoms with Gasteiger partial charge in [0.15, 0.2) is 5.13 Å². The summed E-state index contributed by atoms with van der Waals surface area (Å²) in [7, 11) is 0. The number of nitrogens with zero attached hydrogens (tertiary/aromatic N) is 2. The Labute approximate surface area is 137 Å². The summed E-state index contributed by atoms with van der Waals surface area (Å²) >= 11 is 1.46. The molecule has 0 unspecified atom stereocenters. The van der Waals surface area contributed by atoms with E-state index in [0.717, 1.165) is 15.8 Å². The molecule has 0 spiro atoms. The number of ether oxygens (including phenoxy) is 1. The van der Waals surface area contributed by atoms with Crippen molar-refractivity contribution in [2.24, 2.45) is 0 Å². The van der Waals surface area contributed by atoms with E-state index in [2.05, 4.69) is 27.6 Å². The van der Waals surface area contributed by atoms with Gasteiger partial charge in [0.25, 0.3) is 5.91 Å². The minimum absolute atomic E-state index is 0.0557. The lowest BCUT2D eigenvalue weighted by atomic mass is 10.1. The predicted molar refractivity (Wildman–Crippen MR) is 88.6 cm³/mol. The van der Waals surface area contributed by atoms with Crippen molar-refractivity contribution in [3.8, 4) is 0 Å². The second-order valence-electron chi connectivity index (χ2n) is 5.42. The van der Waals surface area contributed by atoms with Crippen molar-refractivity contribution in [3.63, 3.8) is 0 Å². The zero-order valence-electron chi connectivity index (χ0n) is 13.2. The first-order chi connectivity index (χ1) is 11.0. The van der Waals surface area contributed by atoms with Gasteiger partial charge in [-0.1, -0.05) is 22.6 Å². The van der Waals surface area contributed by atoms with Crippen LogP contribution in [-0.4, -0.2) is 22.7 Å². The third-order valence-electron chi connectivity index (χ3n) is 3.24. The average molecular weight is 331 g/mol. The molecule has 2 heterocycles. The number of thiazole rings is 1. The number of aryl methyl sites for hydroxylation is 3. The van der Waals surface area contributed by atoms with E-state index in [9.17, 15) is 4.79 Å². The minimum atomic E-state index is -0.237. The van der Waals surface area contributed by atoms with Gasteiger partial charge in [0, 0.05) is 6.07 Å². The van der Waals surface area contributed by atoms with E-state index in [1.807, 2.05) is 13.8 Å². The summed E-state index contributed by atoms with van der Waals surface area (Å²) in [5.74, 6) is 0.479. The fraction of sp³-hybridized carbons (Fsp3) is 0.312. The van der Waals surface area contributed by atoms with E-state index in [4.69, 9.17) is 9.26 Å². The number of fused-ring (bicyclic) bond motifs is 1. The maximum Gasteiger partial charge on any atom is 0.252 e. The Bertz CT molecular complexity index is 853. The molecule has 1 N–H and O–H groups in total. The molecule has 1 amide bonds. The zero-order valence-corrected chi connectivity index (χ0v) is 14.0.